The third-order valence-corrected chi connectivity index (χ3v) is 2.92. The molecule has 100 valence electrons. The van der Waals surface area contributed by atoms with Gasteiger partial charge in [0.25, 0.3) is 5.69 Å². The van der Waals surface area contributed by atoms with Gasteiger partial charge in [-0.05, 0) is 18.4 Å². The van der Waals surface area contributed by atoms with Gasteiger partial charge in [0.2, 0.25) is 0 Å². The summed E-state index contributed by atoms with van der Waals surface area (Å²) < 4.78 is 0. The van der Waals surface area contributed by atoms with Crippen LogP contribution < -0.4 is 5.32 Å². The molecule has 5 heteroatoms. The number of nitro benzene ring substituents is 1. The largest absolute Gasteiger partial charge is 0.392 e. The molecule has 1 aromatic rings. The van der Waals surface area contributed by atoms with Gasteiger partial charge in [0.1, 0.15) is 0 Å². The number of aliphatic hydroxyl groups excluding tert-OH is 1. The molecule has 0 aromatic heterocycles. The van der Waals surface area contributed by atoms with Gasteiger partial charge in [-0.15, -0.1) is 0 Å². The van der Waals surface area contributed by atoms with Crippen LogP contribution in [0.4, 0.5) is 5.69 Å². The number of nitrogens with one attached hydrogen (secondary N) is 1. The van der Waals surface area contributed by atoms with Gasteiger partial charge in [0.05, 0.1) is 11.0 Å². The van der Waals surface area contributed by atoms with E-state index in [0.29, 0.717) is 18.7 Å². The van der Waals surface area contributed by atoms with Gasteiger partial charge in [-0.2, -0.15) is 0 Å². The van der Waals surface area contributed by atoms with Crippen LogP contribution in [0.5, 0.6) is 0 Å². The number of hydrogen-bond acceptors (Lipinski definition) is 4. The van der Waals surface area contributed by atoms with Crippen molar-refractivity contribution < 1.29 is 10.0 Å². The van der Waals surface area contributed by atoms with Crippen LogP contribution in [-0.4, -0.2) is 22.7 Å². The first kappa shape index (κ1) is 14.6. The maximum Gasteiger partial charge on any atom is 0.272 e. The molecule has 1 atom stereocenters. The highest BCUT2D eigenvalue weighted by Crippen LogP contribution is 2.19. The van der Waals surface area contributed by atoms with Gasteiger partial charge in [0.15, 0.2) is 0 Å². The van der Waals surface area contributed by atoms with Crippen molar-refractivity contribution in [2.24, 2.45) is 5.92 Å². The molecule has 0 aliphatic rings. The number of aliphatic hydroxyl groups is 1. The maximum atomic E-state index is 10.8. The van der Waals surface area contributed by atoms with E-state index in [1.807, 2.05) is 19.9 Å². The molecule has 0 bridgehead atoms. The van der Waals surface area contributed by atoms with Crippen LogP contribution >= 0.6 is 0 Å². The second-order valence-corrected chi connectivity index (χ2v) is 4.82. The molecule has 0 spiro atoms. The first-order valence-electron chi connectivity index (χ1n) is 6.04. The summed E-state index contributed by atoms with van der Waals surface area (Å²) in [7, 11) is 0. The Labute approximate surface area is 107 Å². The molecule has 2 N–H and O–H groups in total. The van der Waals surface area contributed by atoms with Crippen LogP contribution in [0.25, 0.3) is 0 Å². The molecule has 0 saturated heterocycles. The second kappa shape index (κ2) is 6.47. The summed E-state index contributed by atoms with van der Waals surface area (Å²) in [6.07, 6.45) is -0.398. The van der Waals surface area contributed by atoms with Crippen molar-refractivity contribution in [1.29, 1.82) is 0 Å². The predicted octanol–water partition coefficient (Wildman–Crippen LogP) is 2.01. The molecule has 0 amide bonds. The monoisotopic (exact) mass is 252 g/mol. The lowest BCUT2D eigenvalue weighted by atomic mass is 10.1. The number of benzene rings is 1. The van der Waals surface area contributed by atoms with E-state index in [1.54, 1.807) is 19.1 Å². The highest BCUT2D eigenvalue weighted by Gasteiger charge is 2.11. The molecule has 0 aliphatic carbocycles. The molecule has 0 heterocycles. The fourth-order valence-corrected chi connectivity index (χ4v) is 1.56. The van der Waals surface area contributed by atoms with Crippen molar-refractivity contribution in [3.8, 4) is 0 Å². The Morgan fingerprint density at radius 1 is 1.44 bits per heavy atom. The summed E-state index contributed by atoms with van der Waals surface area (Å²) in [4.78, 5) is 10.4. The summed E-state index contributed by atoms with van der Waals surface area (Å²) in [5.74, 6) is 0.199. The van der Waals surface area contributed by atoms with Gasteiger partial charge in [0, 0.05) is 24.7 Å². The molecule has 1 aromatic carbocycles. The highest BCUT2D eigenvalue weighted by atomic mass is 16.6. The minimum absolute atomic E-state index is 0.138. The average Bonchev–Trinajstić information content (AvgIpc) is 2.30. The van der Waals surface area contributed by atoms with Crippen LogP contribution in [0.15, 0.2) is 18.2 Å². The molecule has 18 heavy (non-hydrogen) atoms. The normalized spacial score (nSPS) is 12.7. The third kappa shape index (κ3) is 4.09. The zero-order chi connectivity index (χ0) is 13.7. The lowest BCUT2D eigenvalue weighted by Crippen LogP contribution is -2.30. The number of rotatable bonds is 6. The van der Waals surface area contributed by atoms with Crippen LogP contribution in [-0.2, 0) is 6.54 Å². The third-order valence-electron chi connectivity index (χ3n) is 2.92. The van der Waals surface area contributed by atoms with Gasteiger partial charge in [-0.25, -0.2) is 0 Å². The molecule has 1 rings (SSSR count). The summed E-state index contributed by atoms with van der Waals surface area (Å²) >= 11 is 0. The Balaban J connectivity index is 2.58. The molecule has 5 nitrogen and oxygen atoms in total. The predicted molar refractivity (Wildman–Crippen MR) is 70.4 cm³/mol. The minimum atomic E-state index is -0.398. The van der Waals surface area contributed by atoms with E-state index in [1.165, 1.54) is 0 Å². The number of nitrogens with zero attached hydrogens (tertiary/aromatic N) is 1. The summed E-state index contributed by atoms with van der Waals surface area (Å²) in [5, 5.41) is 23.5. The lowest BCUT2D eigenvalue weighted by molar-refractivity contribution is -0.385. The maximum absolute atomic E-state index is 10.8. The molecule has 1 unspecified atom stereocenters. The standard InChI is InChI=1S/C13H20N2O3/c1-9(2)13(16)8-14-7-11-5-4-10(3)12(6-11)15(17)18/h4-6,9,13-14,16H,7-8H2,1-3H3. The fourth-order valence-electron chi connectivity index (χ4n) is 1.56. The first-order valence-corrected chi connectivity index (χ1v) is 6.04. The number of aryl methyl sites for hydroxylation is 1. The zero-order valence-corrected chi connectivity index (χ0v) is 11.0. The molecule has 0 radical (unpaired) electrons. The summed E-state index contributed by atoms with van der Waals surface area (Å²) in [6, 6.07) is 5.18. The van der Waals surface area contributed by atoms with E-state index in [4.69, 9.17) is 0 Å². The molecular weight excluding hydrogens is 232 g/mol. The summed E-state index contributed by atoms with van der Waals surface area (Å²) in [6.45, 7) is 6.62. The Hall–Kier alpha value is -1.46. The molecule has 0 fully saturated rings. The first-order chi connectivity index (χ1) is 8.41. The number of hydrogen-bond donors (Lipinski definition) is 2. The van der Waals surface area contributed by atoms with E-state index in [0.717, 1.165) is 5.56 Å². The highest BCUT2D eigenvalue weighted by molar-refractivity contribution is 5.42. The SMILES string of the molecule is Cc1ccc(CNCC(O)C(C)C)cc1[N+](=O)[O-]. The van der Waals surface area contributed by atoms with E-state index in [-0.39, 0.29) is 16.5 Å². The molecule has 0 saturated carbocycles. The van der Waals surface area contributed by atoms with Gasteiger partial charge >= 0.3 is 0 Å². The molecule has 0 aliphatic heterocycles. The van der Waals surface area contributed by atoms with Crippen molar-refractivity contribution in [2.45, 2.75) is 33.4 Å². The van der Waals surface area contributed by atoms with Crippen molar-refractivity contribution >= 4 is 5.69 Å². The number of nitro groups is 1. The fraction of sp³-hybridized carbons (Fsp3) is 0.538. The van der Waals surface area contributed by atoms with Crippen molar-refractivity contribution in [1.82, 2.24) is 5.32 Å². The van der Waals surface area contributed by atoms with E-state index >= 15 is 0 Å². The second-order valence-electron chi connectivity index (χ2n) is 4.82. The topological polar surface area (TPSA) is 75.4 Å². The van der Waals surface area contributed by atoms with E-state index in [9.17, 15) is 15.2 Å². The van der Waals surface area contributed by atoms with Crippen LogP contribution in [0.2, 0.25) is 0 Å². The Bertz CT molecular complexity index is 419. The smallest absolute Gasteiger partial charge is 0.272 e. The summed E-state index contributed by atoms with van der Waals surface area (Å²) in [5.41, 5.74) is 1.65. The lowest BCUT2D eigenvalue weighted by Gasteiger charge is -2.15. The van der Waals surface area contributed by atoms with Gasteiger partial charge < -0.3 is 10.4 Å². The zero-order valence-electron chi connectivity index (χ0n) is 11.0. The van der Waals surface area contributed by atoms with E-state index in [2.05, 4.69) is 5.32 Å². The minimum Gasteiger partial charge on any atom is -0.392 e. The Kier molecular flexibility index (Phi) is 5.25. The Morgan fingerprint density at radius 2 is 2.11 bits per heavy atom. The van der Waals surface area contributed by atoms with Crippen molar-refractivity contribution in [3.05, 3.63) is 39.4 Å². The van der Waals surface area contributed by atoms with Crippen molar-refractivity contribution in [3.63, 3.8) is 0 Å². The quantitative estimate of drug-likeness (QED) is 0.600. The van der Waals surface area contributed by atoms with Crippen LogP contribution in [0.3, 0.4) is 0 Å². The molecular formula is C13H20N2O3. The van der Waals surface area contributed by atoms with Gasteiger partial charge in [-0.3, -0.25) is 10.1 Å². The average molecular weight is 252 g/mol. The van der Waals surface area contributed by atoms with Gasteiger partial charge in [-0.1, -0.05) is 26.0 Å². The van der Waals surface area contributed by atoms with Crippen LogP contribution in [0.1, 0.15) is 25.0 Å². The van der Waals surface area contributed by atoms with Crippen molar-refractivity contribution in [2.75, 3.05) is 6.54 Å². The van der Waals surface area contributed by atoms with E-state index < -0.39 is 6.10 Å². The van der Waals surface area contributed by atoms with Crippen LogP contribution in [0, 0.1) is 23.0 Å². The Morgan fingerprint density at radius 3 is 2.67 bits per heavy atom.